The van der Waals surface area contributed by atoms with Crippen molar-refractivity contribution in [2.24, 2.45) is 0 Å². The molecule has 1 fully saturated rings. The molecule has 1 aliphatic heterocycles. The Morgan fingerprint density at radius 3 is 2.11 bits per heavy atom. The van der Waals surface area contributed by atoms with Crippen molar-refractivity contribution in [2.75, 3.05) is 41.3 Å². The molecule has 1 aromatic heterocycles. The number of piperazine rings is 1. The largest absolute Gasteiger partial charge is 0.368 e. The van der Waals surface area contributed by atoms with E-state index in [2.05, 4.69) is 49.4 Å². The molecule has 1 saturated heterocycles. The van der Waals surface area contributed by atoms with Gasteiger partial charge in [-0.15, -0.1) is 0 Å². The van der Waals surface area contributed by atoms with E-state index in [1.165, 1.54) is 5.69 Å². The maximum atomic E-state index is 12.4. The van der Waals surface area contributed by atoms with Gasteiger partial charge in [0.1, 0.15) is 0 Å². The first-order valence-corrected chi connectivity index (χ1v) is 9.44. The normalized spacial score (nSPS) is 14.0. The summed E-state index contributed by atoms with van der Waals surface area (Å²) >= 11 is 0. The minimum absolute atomic E-state index is 0.204. The molecule has 1 N–H and O–H groups in total. The quantitative estimate of drug-likeness (QED) is 0.760. The molecule has 4 rings (SSSR count). The van der Waals surface area contributed by atoms with Crippen LogP contribution in [0.2, 0.25) is 0 Å². The van der Waals surface area contributed by atoms with Crippen molar-refractivity contribution in [3.05, 3.63) is 78.1 Å². The number of rotatable bonds is 4. The van der Waals surface area contributed by atoms with Crippen LogP contribution in [-0.4, -0.2) is 42.1 Å². The van der Waals surface area contributed by atoms with Gasteiger partial charge in [0, 0.05) is 49.9 Å². The number of carbonyl (C=O) groups is 1. The Kier molecular flexibility index (Phi) is 5.19. The molecule has 0 spiro atoms. The molecule has 0 radical (unpaired) electrons. The van der Waals surface area contributed by atoms with Crippen molar-refractivity contribution in [2.45, 2.75) is 6.92 Å². The third kappa shape index (κ3) is 4.11. The molecule has 6 nitrogen and oxygen atoms in total. The number of carbonyl (C=O) groups excluding carboxylic acids is 1. The summed E-state index contributed by atoms with van der Waals surface area (Å²) in [7, 11) is 0. The smallest absolute Gasteiger partial charge is 0.258 e. The van der Waals surface area contributed by atoms with Gasteiger partial charge in [-0.25, -0.2) is 9.97 Å². The van der Waals surface area contributed by atoms with Gasteiger partial charge in [-0.2, -0.15) is 0 Å². The number of aromatic nitrogens is 2. The lowest BCUT2D eigenvalue weighted by atomic mass is 10.2. The van der Waals surface area contributed by atoms with Crippen LogP contribution in [0.25, 0.3) is 0 Å². The zero-order valence-corrected chi connectivity index (χ0v) is 15.9. The van der Waals surface area contributed by atoms with Gasteiger partial charge in [-0.1, -0.05) is 35.9 Å². The summed E-state index contributed by atoms with van der Waals surface area (Å²) in [6.07, 6.45) is 3.19. The van der Waals surface area contributed by atoms with Crippen LogP contribution < -0.4 is 15.1 Å². The molecule has 6 heteroatoms. The van der Waals surface area contributed by atoms with Crippen molar-refractivity contribution in [3.8, 4) is 0 Å². The Balaban J connectivity index is 1.36. The number of anilines is 3. The highest BCUT2D eigenvalue weighted by Crippen LogP contribution is 2.18. The van der Waals surface area contributed by atoms with Gasteiger partial charge in [-0.3, -0.25) is 4.79 Å². The van der Waals surface area contributed by atoms with Gasteiger partial charge in [-0.05, 0) is 31.2 Å². The fourth-order valence-corrected chi connectivity index (χ4v) is 3.25. The number of hydrogen-bond acceptors (Lipinski definition) is 5. The second-order valence-corrected chi connectivity index (χ2v) is 6.90. The topological polar surface area (TPSA) is 61.4 Å². The number of aryl methyl sites for hydroxylation is 1. The summed E-state index contributed by atoms with van der Waals surface area (Å²) in [6.45, 7) is 5.55. The van der Waals surface area contributed by atoms with Crippen LogP contribution >= 0.6 is 0 Å². The Labute approximate surface area is 164 Å². The lowest BCUT2D eigenvalue weighted by molar-refractivity contribution is 0.102. The van der Waals surface area contributed by atoms with Crippen LogP contribution in [0.15, 0.2) is 67.0 Å². The number of para-hydroxylation sites is 1. The molecule has 2 aromatic carbocycles. The second-order valence-electron chi connectivity index (χ2n) is 6.90. The molecule has 3 aromatic rings. The molecule has 28 heavy (non-hydrogen) atoms. The fourth-order valence-electron chi connectivity index (χ4n) is 3.25. The first kappa shape index (κ1) is 18.0. The predicted molar refractivity (Wildman–Crippen MR) is 112 cm³/mol. The van der Waals surface area contributed by atoms with Crippen molar-refractivity contribution in [1.82, 2.24) is 9.97 Å². The molecule has 0 saturated carbocycles. The summed E-state index contributed by atoms with van der Waals surface area (Å²) in [4.78, 5) is 25.7. The molecule has 1 amide bonds. The van der Waals surface area contributed by atoms with Crippen molar-refractivity contribution in [1.29, 1.82) is 0 Å². The zero-order valence-electron chi connectivity index (χ0n) is 15.9. The Bertz CT molecular complexity index is 917. The van der Waals surface area contributed by atoms with E-state index in [9.17, 15) is 4.79 Å². The molecule has 142 valence electrons. The van der Waals surface area contributed by atoms with Gasteiger partial charge >= 0.3 is 0 Å². The molecule has 2 heterocycles. The van der Waals surface area contributed by atoms with E-state index in [0.717, 1.165) is 37.4 Å². The minimum atomic E-state index is -0.204. The maximum Gasteiger partial charge on any atom is 0.258 e. The average Bonchev–Trinajstić information content (AvgIpc) is 2.76. The molecule has 0 aliphatic carbocycles. The van der Waals surface area contributed by atoms with Gasteiger partial charge in [0.05, 0.1) is 5.56 Å². The van der Waals surface area contributed by atoms with Gasteiger partial charge in [0.25, 0.3) is 5.91 Å². The third-order valence-electron chi connectivity index (χ3n) is 4.89. The molecule has 1 aliphatic rings. The maximum absolute atomic E-state index is 12.4. The van der Waals surface area contributed by atoms with Gasteiger partial charge < -0.3 is 15.1 Å². The highest BCUT2D eigenvalue weighted by Gasteiger charge is 2.19. The minimum Gasteiger partial charge on any atom is -0.368 e. The average molecular weight is 373 g/mol. The standard InChI is InChI=1S/C22H23N5O/c1-17-7-9-19(10-8-17)25-21(28)18-15-23-22(24-16-18)27-13-11-26(12-14-27)20-5-3-2-4-6-20/h2-10,15-16H,11-14H2,1H3,(H,25,28). The van der Waals surface area contributed by atoms with Gasteiger partial charge in [0.2, 0.25) is 5.95 Å². The van der Waals surface area contributed by atoms with E-state index in [0.29, 0.717) is 11.5 Å². The molecule has 0 atom stereocenters. The number of benzene rings is 2. The van der Waals surface area contributed by atoms with E-state index in [4.69, 9.17) is 0 Å². The number of hydrogen-bond donors (Lipinski definition) is 1. The van der Waals surface area contributed by atoms with Crippen LogP contribution in [0.5, 0.6) is 0 Å². The second kappa shape index (κ2) is 8.08. The highest BCUT2D eigenvalue weighted by molar-refractivity contribution is 6.03. The van der Waals surface area contributed by atoms with Crippen LogP contribution in [0, 0.1) is 6.92 Å². The fraction of sp³-hybridized carbons (Fsp3) is 0.227. The van der Waals surface area contributed by atoms with E-state index >= 15 is 0 Å². The van der Waals surface area contributed by atoms with E-state index in [1.54, 1.807) is 12.4 Å². The summed E-state index contributed by atoms with van der Waals surface area (Å²) in [5.41, 5.74) is 3.60. The number of nitrogens with zero attached hydrogens (tertiary/aromatic N) is 4. The van der Waals surface area contributed by atoms with Crippen LogP contribution in [0.1, 0.15) is 15.9 Å². The van der Waals surface area contributed by atoms with Crippen molar-refractivity contribution >= 4 is 23.2 Å². The summed E-state index contributed by atoms with van der Waals surface area (Å²) in [5.74, 6) is 0.462. The van der Waals surface area contributed by atoms with E-state index < -0.39 is 0 Å². The highest BCUT2D eigenvalue weighted by atomic mass is 16.1. The Morgan fingerprint density at radius 2 is 1.46 bits per heavy atom. The molecular weight excluding hydrogens is 350 g/mol. The van der Waals surface area contributed by atoms with Crippen LogP contribution in [0.3, 0.4) is 0 Å². The Morgan fingerprint density at radius 1 is 0.857 bits per heavy atom. The number of amides is 1. The van der Waals surface area contributed by atoms with E-state index in [-0.39, 0.29) is 5.91 Å². The summed E-state index contributed by atoms with van der Waals surface area (Å²) in [5, 5.41) is 2.87. The first-order valence-electron chi connectivity index (χ1n) is 9.44. The van der Waals surface area contributed by atoms with Crippen LogP contribution in [-0.2, 0) is 0 Å². The molecule has 0 unspecified atom stereocenters. The lowest BCUT2D eigenvalue weighted by Gasteiger charge is -2.36. The Hall–Kier alpha value is -3.41. The number of nitrogens with one attached hydrogen (secondary N) is 1. The summed E-state index contributed by atoms with van der Waals surface area (Å²) < 4.78 is 0. The monoisotopic (exact) mass is 373 g/mol. The predicted octanol–water partition coefficient (Wildman–Crippen LogP) is 3.36. The van der Waals surface area contributed by atoms with E-state index in [1.807, 2.05) is 37.3 Å². The SMILES string of the molecule is Cc1ccc(NC(=O)c2cnc(N3CCN(c4ccccc4)CC3)nc2)cc1. The molecule has 0 bridgehead atoms. The lowest BCUT2D eigenvalue weighted by Crippen LogP contribution is -2.47. The zero-order chi connectivity index (χ0) is 19.3. The van der Waals surface area contributed by atoms with Crippen molar-refractivity contribution < 1.29 is 4.79 Å². The molecular formula is C22H23N5O. The summed E-state index contributed by atoms with van der Waals surface area (Å²) in [6, 6.07) is 18.1. The van der Waals surface area contributed by atoms with Crippen molar-refractivity contribution in [3.63, 3.8) is 0 Å². The third-order valence-corrected chi connectivity index (χ3v) is 4.89. The van der Waals surface area contributed by atoms with Crippen LogP contribution in [0.4, 0.5) is 17.3 Å². The first-order chi connectivity index (χ1) is 13.7. The van der Waals surface area contributed by atoms with Gasteiger partial charge in [0.15, 0.2) is 0 Å².